The van der Waals surface area contributed by atoms with Crippen molar-refractivity contribution in [3.63, 3.8) is 0 Å². The van der Waals surface area contributed by atoms with Crippen molar-refractivity contribution in [2.75, 3.05) is 11.9 Å². The molecule has 0 bridgehead atoms. The summed E-state index contributed by atoms with van der Waals surface area (Å²) in [5, 5.41) is 5.55. The number of hydrogen-bond acceptors (Lipinski definition) is 3. The summed E-state index contributed by atoms with van der Waals surface area (Å²) in [5.74, 6) is -0.156. The first-order valence-corrected chi connectivity index (χ1v) is 6.37. The highest BCUT2D eigenvalue weighted by molar-refractivity contribution is 5.88. The Balaban J connectivity index is 2.45. The van der Waals surface area contributed by atoms with Gasteiger partial charge < -0.3 is 16.4 Å². The number of benzene rings is 1. The second-order valence-electron chi connectivity index (χ2n) is 4.57. The van der Waals surface area contributed by atoms with Gasteiger partial charge in [-0.15, -0.1) is 0 Å². The van der Waals surface area contributed by atoms with Crippen LogP contribution in [0.2, 0.25) is 0 Å². The summed E-state index contributed by atoms with van der Waals surface area (Å²) in [6.07, 6.45) is 0.688. The first kappa shape index (κ1) is 15.2. The first-order valence-electron chi connectivity index (χ1n) is 6.37. The molecule has 0 aliphatic rings. The number of hydrogen-bond donors (Lipinski definition) is 3. The van der Waals surface area contributed by atoms with E-state index < -0.39 is 0 Å². The molecule has 0 heterocycles. The van der Waals surface area contributed by atoms with Gasteiger partial charge in [0.25, 0.3) is 0 Å². The maximum absolute atomic E-state index is 11.7. The van der Waals surface area contributed by atoms with E-state index in [1.54, 1.807) is 0 Å². The Morgan fingerprint density at radius 1 is 1.26 bits per heavy atom. The summed E-state index contributed by atoms with van der Waals surface area (Å²) in [7, 11) is 0. The minimum Gasteiger partial charge on any atom is -0.352 e. The minimum absolute atomic E-state index is 0.0105. The van der Waals surface area contributed by atoms with Crippen molar-refractivity contribution in [1.29, 1.82) is 0 Å². The second-order valence-corrected chi connectivity index (χ2v) is 4.57. The van der Waals surface area contributed by atoms with E-state index in [0.717, 1.165) is 11.3 Å². The molecule has 0 aromatic heterocycles. The largest absolute Gasteiger partial charge is 0.352 e. The number of rotatable bonds is 6. The Kier molecular flexibility index (Phi) is 6.02. The molecule has 4 N–H and O–H groups in total. The van der Waals surface area contributed by atoms with Gasteiger partial charge in [0.15, 0.2) is 0 Å². The number of carbonyl (C=O) groups is 2. The molecule has 104 valence electrons. The highest BCUT2D eigenvalue weighted by atomic mass is 16.2. The third-order valence-corrected chi connectivity index (χ3v) is 2.79. The van der Waals surface area contributed by atoms with E-state index in [4.69, 9.17) is 5.73 Å². The molecule has 0 saturated carbocycles. The third-order valence-electron chi connectivity index (χ3n) is 2.79. The molecule has 1 aromatic rings. The van der Waals surface area contributed by atoms with Gasteiger partial charge in [0.1, 0.15) is 0 Å². The molecular formula is C14H21N3O2. The lowest BCUT2D eigenvalue weighted by atomic mass is 10.1. The summed E-state index contributed by atoms with van der Waals surface area (Å²) in [6, 6.07) is 7.37. The van der Waals surface area contributed by atoms with Gasteiger partial charge in [-0.2, -0.15) is 0 Å². The van der Waals surface area contributed by atoms with E-state index in [2.05, 4.69) is 10.6 Å². The van der Waals surface area contributed by atoms with Crippen LogP contribution < -0.4 is 16.4 Å². The fraction of sp³-hybridized carbons (Fsp3) is 0.429. The summed E-state index contributed by atoms with van der Waals surface area (Å²) in [4.78, 5) is 22.6. The highest BCUT2D eigenvalue weighted by Gasteiger charge is 2.10. The molecule has 1 atom stereocenters. The van der Waals surface area contributed by atoms with Gasteiger partial charge in [-0.3, -0.25) is 9.59 Å². The van der Waals surface area contributed by atoms with Crippen LogP contribution in [0.5, 0.6) is 0 Å². The first-order chi connectivity index (χ1) is 9.02. The van der Waals surface area contributed by atoms with Gasteiger partial charge in [-0.25, -0.2) is 0 Å². The summed E-state index contributed by atoms with van der Waals surface area (Å²) >= 11 is 0. The van der Waals surface area contributed by atoms with Crippen molar-refractivity contribution < 1.29 is 9.59 Å². The molecule has 1 aromatic carbocycles. The maximum atomic E-state index is 11.7. The van der Waals surface area contributed by atoms with E-state index >= 15 is 0 Å². The summed E-state index contributed by atoms with van der Waals surface area (Å²) in [6.45, 7) is 4.32. The Hall–Kier alpha value is -1.88. The molecule has 5 nitrogen and oxygen atoms in total. The average Bonchev–Trinajstić information content (AvgIpc) is 2.37. The molecular weight excluding hydrogens is 242 g/mol. The number of nitrogens with one attached hydrogen (secondary N) is 2. The SMILES string of the molecule is CC(=O)Nc1ccc(CNC(=O)C(C)CCN)cc1. The Morgan fingerprint density at radius 3 is 2.42 bits per heavy atom. The second kappa shape index (κ2) is 7.53. The van der Waals surface area contributed by atoms with Gasteiger partial charge in [0.2, 0.25) is 11.8 Å². The maximum Gasteiger partial charge on any atom is 0.223 e. The van der Waals surface area contributed by atoms with Crippen molar-refractivity contribution in [3.05, 3.63) is 29.8 Å². The molecule has 1 rings (SSSR count). The van der Waals surface area contributed by atoms with Crippen LogP contribution in [0, 0.1) is 5.92 Å². The number of anilines is 1. The lowest BCUT2D eigenvalue weighted by Gasteiger charge is -2.11. The van der Waals surface area contributed by atoms with Crippen LogP contribution in [-0.2, 0) is 16.1 Å². The topological polar surface area (TPSA) is 84.2 Å². The fourth-order valence-corrected chi connectivity index (χ4v) is 1.65. The lowest BCUT2D eigenvalue weighted by molar-refractivity contribution is -0.124. The number of carbonyl (C=O) groups excluding carboxylic acids is 2. The standard InChI is InChI=1S/C14H21N3O2/c1-10(7-8-15)14(19)16-9-12-3-5-13(6-4-12)17-11(2)18/h3-6,10H,7-9,15H2,1-2H3,(H,16,19)(H,17,18). The molecule has 2 amide bonds. The van der Waals surface area contributed by atoms with Crippen LogP contribution in [0.15, 0.2) is 24.3 Å². The van der Waals surface area contributed by atoms with Crippen LogP contribution >= 0.6 is 0 Å². The van der Waals surface area contributed by atoms with Gasteiger partial charge in [-0.1, -0.05) is 19.1 Å². The number of nitrogens with two attached hydrogens (primary N) is 1. The van der Waals surface area contributed by atoms with Gasteiger partial charge in [0, 0.05) is 25.1 Å². The van der Waals surface area contributed by atoms with Gasteiger partial charge in [-0.05, 0) is 30.7 Å². The number of amides is 2. The van der Waals surface area contributed by atoms with Crippen LogP contribution in [0.4, 0.5) is 5.69 Å². The molecule has 5 heteroatoms. The van der Waals surface area contributed by atoms with Crippen molar-refractivity contribution in [2.45, 2.75) is 26.8 Å². The van der Waals surface area contributed by atoms with Crippen LogP contribution in [0.25, 0.3) is 0 Å². The molecule has 1 unspecified atom stereocenters. The summed E-state index contributed by atoms with van der Waals surface area (Å²) < 4.78 is 0. The van der Waals surface area contributed by atoms with Crippen LogP contribution in [-0.4, -0.2) is 18.4 Å². The Morgan fingerprint density at radius 2 is 1.89 bits per heavy atom. The minimum atomic E-state index is -0.100. The molecule has 0 saturated heterocycles. The zero-order valence-electron chi connectivity index (χ0n) is 11.4. The highest BCUT2D eigenvalue weighted by Crippen LogP contribution is 2.09. The monoisotopic (exact) mass is 263 g/mol. The molecule has 0 aliphatic carbocycles. The molecule has 0 spiro atoms. The average molecular weight is 263 g/mol. The molecule has 19 heavy (non-hydrogen) atoms. The van der Waals surface area contributed by atoms with E-state index in [9.17, 15) is 9.59 Å². The Bertz CT molecular complexity index is 429. The van der Waals surface area contributed by atoms with Gasteiger partial charge in [0.05, 0.1) is 0 Å². The van der Waals surface area contributed by atoms with Crippen molar-refractivity contribution >= 4 is 17.5 Å². The predicted octanol–water partition coefficient (Wildman–Crippen LogP) is 1.25. The van der Waals surface area contributed by atoms with E-state index in [1.165, 1.54) is 6.92 Å². The quantitative estimate of drug-likeness (QED) is 0.722. The zero-order chi connectivity index (χ0) is 14.3. The van der Waals surface area contributed by atoms with Crippen molar-refractivity contribution in [1.82, 2.24) is 5.32 Å². The Labute approximate surface area is 113 Å². The zero-order valence-corrected chi connectivity index (χ0v) is 11.4. The molecule has 0 fully saturated rings. The normalized spacial score (nSPS) is 11.7. The van der Waals surface area contributed by atoms with Gasteiger partial charge >= 0.3 is 0 Å². The van der Waals surface area contributed by atoms with Crippen molar-refractivity contribution in [2.24, 2.45) is 11.7 Å². The fourth-order valence-electron chi connectivity index (χ4n) is 1.65. The lowest BCUT2D eigenvalue weighted by Crippen LogP contribution is -2.29. The van der Waals surface area contributed by atoms with Crippen LogP contribution in [0.1, 0.15) is 25.8 Å². The smallest absolute Gasteiger partial charge is 0.223 e. The van der Waals surface area contributed by atoms with E-state index in [0.29, 0.717) is 19.5 Å². The molecule has 0 radical (unpaired) electrons. The van der Waals surface area contributed by atoms with E-state index in [1.807, 2.05) is 31.2 Å². The summed E-state index contributed by atoms with van der Waals surface area (Å²) in [5.41, 5.74) is 7.15. The van der Waals surface area contributed by atoms with Crippen LogP contribution in [0.3, 0.4) is 0 Å². The van der Waals surface area contributed by atoms with Crippen molar-refractivity contribution in [3.8, 4) is 0 Å². The third kappa shape index (κ3) is 5.52. The van der Waals surface area contributed by atoms with E-state index in [-0.39, 0.29) is 17.7 Å². The predicted molar refractivity (Wildman–Crippen MR) is 75.4 cm³/mol. The molecule has 0 aliphatic heterocycles.